The molecule has 0 unspecified atom stereocenters. The number of nitrogens with one attached hydrogen (secondary N) is 1. The Morgan fingerprint density at radius 1 is 0.889 bits per heavy atom. The van der Waals surface area contributed by atoms with Gasteiger partial charge in [-0.05, 0) is 68.5 Å². The maximum atomic E-state index is 12.1. The normalized spacial score (nSPS) is 16.4. The fourth-order valence-electron chi connectivity index (χ4n) is 3.49. The molecule has 1 amide bonds. The zero-order valence-corrected chi connectivity index (χ0v) is 15.6. The van der Waals surface area contributed by atoms with Gasteiger partial charge in [0, 0.05) is 18.7 Å². The molecule has 27 heavy (non-hydrogen) atoms. The number of nitrogens with zero attached hydrogens (tertiary/aromatic N) is 1. The maximum absolute atomic E-state index is 12.1. The highest BCUT2D eigenvalue weighted by atomic mass is 16.4. The minimum atomic E-state index is -1.82. The zero-order chi connectivity index (χ0) is 19.6. The van der Waals surface area contributed by atoms with Crippen LogP contribution in [0.4, 0.5) is 5.69 Å². The lowest BCUT2D eigenvalue weighted by atomic mass is 10.1. The number of benzene rings is 1. The number of aliphatic carboxylic acids is 2. The number of carbonyl (C=O) groups excluding carboxylic acids is 1. The summed E-state index contributed by atoms with van der Waals surface area (Å²) in [5.74, 6) is -3.50. The summed E-state index contributed by atoms with van der Waals surface area (Å²) in [5.41, 5.74) is 3.84. The molecule has 3 rings (SSSR count). The van der Waals surface area contributed by atoms with E-state index in [-0.39, 0.29) is 5.91 Å². The van der Waals surface area contributed by atoms with Crippen LogP contribution in [0.25, 0.3) is 0 Å². The summed E-state index contributed by atoms with van der Waals surface area (Å²) in [7, 11) is 0. The molecule has 1 aromatic rings. The highest BCUT2D eigenvalue weighted by molar-refractivity contribution is 6.27. The van der Waals surface area contributed by atoms with E-state index in [1.54, 1.807) is 0 Å². The largest absolute Gasteiger partial charge is 0.473 e. The first kappa shape index (κ1) is 20.9. The average Bonchev–Trinajstić information content (AvgIpc) is 2.94. The van der Waals surface area contributed by atoms with Crippen molar-refractivity contribution in [2.45, 2.75) is 51.4 Å². The van der Waals surface area contributed by atoms with Gasteiger partial charge in [0.05, 0.1) is 0 Å². The second kappa shape index (κ2) is 10.7. The van der Waals surface area contributed by atoms with Crippen LogP contribution in [0, 0.1) is 0 Å². The van der Waals surface area contributed by atoms with Gasteiger partial charge in [0.2, 0.25) is 5.91 Å². The van der Waals surface area contributed by atoms with Crippen molar-refractivity contribution >= 4 is 23.5 Å². The summed E-state index contributed by atoms with van der Waals surface area (Å²) in [4.78, 5) is 32.7. The van der Waals surface area contributed by atoms with E-state index < -0.39 is 11.9 Å². The topological polar surface area (TPSA) is 107 Å². The minimum absolute atomic E-state index is 0.150. The highest BCUT2D eigenvalue weighted by Crippen LogP contribution is 2.24. The van der Waals surface area contributed by atoms with Crippen LogP contribution in [0.1, 0.15) is 49.7 Å². The summed E-state index contributed by atoms with van der Waals surface area (Å²) >= 11 is 0. The Kier molecular flexibility index (Phi) is 8.26. The number of hydrogen-bond acceptors (Lipinski definition) is 4. The number of likely N-dealkylation sites (tertiary alicyclic amines) is 1. The Bertz CT molecular complexity index is 654. The zero-order valence-electron chi connectivity index (χ0n) is 15.6. The molecule has 1 heterocycles. The van der Waals surface area contributed by atoms with Crippen molar-refractivity contribution in [2.24, 2.45) is 0 Å². The number of carboxylic acid groups (broad SMARTS) is 2. The Labute approximate surface area is 159 Å². The van der Waals surface area contributed by atoms with E-state index in [2.05, 4.69) is 22.3 Å². The predicted octanol–water partition coefficient (Wildman–Crippen LogP) is 2.54. The highest BCUT2D eigenvalue weighted by Gasteiger charge is 2.13. The van der Waals surface area contributed by atoms with E-state index in [4.69, 9.17) is 19.8 Å². The quantitative estimate of drug-likeness (QED) is 0.697. The molecular formula is C20H28N2O5. The van der Waals surface area contributed by atoms with Crippen molar-refractivity contribution in [3.63, 3.8) is 0 Å². The van der Waals surface area contributed by atoms with Crippen LogP contribution < -0.4 is 5.32 Å². The third-order valence-electron chi connectivity index (χ3n) is 4.92. The molecule has 3 N–H and O–H groups in total. The predicted molar refractivity (Wildman–Crippen MR) is 102 cm³/mol. The molecule has 148 valence electrons. The summed E-state index contributed by atoms with van der Waals surface area (Å²) in [6.07, 6.45) is 9.47. The Morgan fingerprint density at radius 2 is 1.52 bits per heavy atom. The van der Waals surface area contributed by atoms with Crippen molar-refractivity contribution in [2.75, 3.05) is 25.0 Å². The molecule has 1 aliphatic heterocycles. The SMILES string of the molecule is O=C(CCN1CCCCCC1)Nc1ccc2c(c1)CCC2.O=C(O)C(=O)O. The maximum Gasteiger partial charge on any atom is 0.414 e. The van der Waals surface area contributed by atoms with Crippen LogP contribution >= 0.6 is 0 Å². The van der Waals surface area contributed by atoms with Gasteiger partial charge in [0.1, 0.15) is 0 Å². The van der Waals surface area contributed by atoms with Crippen molar-refractivity contribution < 1.29 is 24.6 Å². The van der Waals surface area contributed by atoms with Gasteiger partial charge < -0.3 is 20.4 Å². The number of amides is 1. The van der Waals surface area contributed by atoms with Crippen LogP contribution in [0.5, 0.6) is 0 Å². The van der Waals surface area contributed by atoms with Gasteiger partial charge in [-0.15, -0.1) is 0 Å². The second-order valence-corrected chi connectivity index (χ2v) is 7.00. The van der Waals surface area contributed by atoms with Gasteiger partial charge in [-0.1, -0.05) is 18.9 Å². The molecule has 7 heteroatoms. The summed E-state index contributed by atoms with van der Waals surface area (Å²) < 4.78 is 0. The fourth-order valence-corrected chi connectivity index (χ4v) is 3.49. The van der Waals surface area contributed by atoms with Crippen LogP contribution in [-0.2, 0) is 27.2 Å². The van der Waals surface area contributed by atoms with Crippen LogP contribution in [-0.4, -0.2) is 52.6 Å². The van der Waals surface area contributed by atoms with E-state index >= 15 is 0 Å². The number of carbonyl (C=O) groups is 3. The molecule has 0 spiro atoms. The smallest absolute Gasteiger partial charge is 0.414 e. The van der Waals surface area contributed by atoms with Gasteiger partial charge in [0.15, 0.2) is 0 Å². The van der Waals surface area contributed by atoms with Crippen molar-refractivity contribution in [3.8, 4) is 0 Å². The standard InChI is InChI=1S/C18H26N2O.C2H2O4/c21-18(10-13-20-11-3-1-2-4-12-20)19-17-9-8-15-6-5-7-16(15)14-17;3-1(4)2(5)6/h8-9,14H,1-7,10-13H2,(H,19,21);(H,3,4)(H,5,6). The van der Waals surface area contributed by atoms with Crippen LogP contribution in [0.3, 0.4) is 0 Å². The lowest BCUT2D eigenvalue weighted by Gasteiger charge is -2.19. The van der Waals surface area contributed by atoms with E-state index in [9.17, 15) is 4.79 Å². The third kappa shape index (κ3) is 7.38. The number of anilines is 1. The average molecular weight is 376 g/mol. The summed E-state index contributed by atoms with van der Waals surface area (Å²) in [5, 5.41) is 17.8. The minimum Gasteiger partial charge on any atom is -0.473 e. The number of aryl methyl sites for hydroxylation is 2. The lowest BCUT2D eigenvalue weighted by Crippen LogP contribution is -2.28. The van der Waals surface area contributed by atoms with Crippen LogP contribution in [0.15, 0.2) is 18.2 Å². The molecule has 1 fully saturated rings. The molecule has 0 saturated carbocycles. The van der Waals surface area contributed by atoms with Crippen molar-refractivity contribution in [3.05, 3.63) is 29.3 Å². The molecule has 0 bridgehead atoms. The first-order valence-electron chi connectivity index (χ1n) is 9.56. The van der Waals surface area contributed by atoms with E-state index in [1.807, 2.05) is 6.07 Å². The van der Waals surface area contributed by atoms with Crippen molar-refractivity contribution in [1.82, 2.24) is 4.90 Å². The molecule has 0 radical (unpaired) electrons. The Balaban J connectivity index is 0.000000380. The molecule has 7 nitrogen and oxygen atoms in total. The monoisotopic (exact) mass is 376 g/mol. The fraction of sp³-hybridized carbons (Fsp3) is 0.550. The van der Waals surface area contributed by atoms with Crippen molar-refractivity contribution in [1.29, 1.82) is 0 Å². The number of fused-ring (bicyclic) bond motifs is 1. The Morgan fingerprint density at radius 3 is 2.15 bits per heavy atom. The Hall–Kier alpha value is -2.41. The van der Waals surface area contributed by atoms with Gasteiger partial charge in [0.25, 0.3) is 0 Å². The van der Waals surface area contributed by atoms with Crippen LogP contribution in [0.2, 0.25) is 0 Å². The second-order valence-electron chi connectivity index (χ2n) is 7.00. The van der Waals surface area contributed by atoms with E-state index in [0.717, 1.165) is 31.7 Å². The van der Waals surface area contributed by atoms with Gasteiger partial charge in [-0.25, -0.2) is 9.59 Å². The molecule has 0 atom stereocenters. The molecular weight excluding hydrogens is 348 g/mol. The number of carboxylic acids is 2. The van der Waals surface area contributed by atoms with Gasteiger partial charge in [-0.3, -0.25) is 4.79 Å². The molecule has 1 aliphatic carbocycles. The molecule has 0 aromatic heterocycles. The number of rotatable bonds is 4. The summed E-state index contributed by atoms with van der Waals surface area (Å²) in [6.45, 7) is 3.22. The lowest BCUT2D eigenvalue weighted by molar-refractivity contribution is -0.159. The first-order chi connectivity index (χ1) is 13.0. The van der Waals surface area contributed by atoms with Gasteiger partial charge >= 0.3 is 11.9 Å². The first-order valence-corrected chi connectivity index (χ1v) is 9.56. The third-order valence-corrected chi connectivity index (χ3v) is 4.92. The van der Waals surface area contributed by atoms with E-state index in [0.29, 0.717) is 6.42 Å². The number of hydrogen-bond donors (Lipinski definition) is 3. The molecule has 2 aliphatic rings. The summed E-state index contributed by atoms with van der Waals surface area (Å²) in [6, 6.07) is 6.38. The van der Waals surface area contributed by atoms with Gasteiger partial charge in [-0.2, -0.15) is 0 Å². The van der Waals surface area contributed by atoms with E-state index in [1.165, 1.54) is 49.7 Å². The molecule has 1 saturated heterocycles. The molecule has 1 aromatic carbocycles.